The predicted molar refractivity (Wildman–Crippen MR) is 99.8 cm³/mol. The summed E-state index contributed by atoms with van der Waals surface area (Å²) in [6.45, 7) is -0.435. The van der Waals surface area contributed by atoms with Gasteiger partial charge in [0.15, 0.2) is 12.3 Å². The van der Waals surface area contributed by atoms with Crippen LogP contribution in [0.25, 0.3) is 0 Å². The highest BCUT2D eigenvalue weighted by Gasteiger charge is 2.23. The van der Waals surface area contributed by atoms with E-state index in [1.165, 1.54) is 11.8 Å². The topological polar surface area (TPSA) is 68.3 Å². The molecule has 1 N–H and O–H groups in total. The molecule has 1 heterocycles. The molecule has 0 saturated heterocycles. The molecule has 2 aromatic rings. The van der Waals surface area contributed by atoms with Crippen LogP contribution in [0.5, 0.6) is 0 Å². The normalized spacial score (nSPS) is 15.9. The number of carbonyl (C=O) groups excluding carboxylic acids is 2. The SMILES string of the molecule is O=C(COC(=O)c1ncc(Cl)c(Cl)c1Cl)N[C@H]1CCCc2ccccc21. The van der Waals surface area contributed by atoms with Crippen molar-refractivity contribution < 1.29 is 14.3 Å². The van der Waals surface area contributed by atoms with E-state index in [2.05, 4.69) is 16.4 Å². The van der Waals surface area contributed by atoms with Crippen molar-refractivity contribution in [1.29, 1.82) is 0 Å². The Hall–Kier alpha value is -1.82. The highest BCUT2D eigenvalue weighted by Crippen LogP contribution is 2.31. The Kier molecular flexibility index (Phi) is 6.01. The van der Waals surface area contributed by atoms with Gasteiger partial charge in [-0.2, -0.15) is 0 Å². The van der Waals surface area contributed by atoms with E-state index in [9.17, 15) is 9.59 Å². The number of nitrogens with one attached hydrogen (secondary N) is 1. The van der Waals surface area contributed by atoms with Crippen molar-refractivity contribution in [3.05, 3.63) is 62.4 Å². The largest absolute Gasteiger partial charge is 0.451 e. The van der Waals surface area contributed by atoms with Crippen molar-refractivity contribution >= 4 is 46.7 Å². The summed E-state index contributed by atoms with van der Waals surface area (Å²) in [5.74, 6) is -1.23. The average molecular weight is 414 g/mol. The second-order valence-electron chi connectivity index (χ2n) is 5.87. The van der Waals surface area contributed by atoms with Gasteiger partial charge in [0, 0.05) is 6.20 Å². The molecule has 5 nitrogen and oxygen atoms in total. The van der Waals surface area contributed by atoms with E-state index in [-0.39, 0.29) is 26.8 Å². The van der Waals surface area contributed by atoms with Crippen LogP contribution in [-0.2, 0) is 16.0 Å². The third-order valence-corrected chi connectivity index (χ3v) is 5.39. The maximum absolute atomic E-state index is 12.2. The number of benzene rings is 1. The summed E-state index contributed by atoms with van der Waals surface area (Å²) >= 11 is 17.6. The predicted octanol–water partition coefficient (Wildman–Crippen LogP) is 4.39. The van der Waals surface area contributed by atoms with Crippen LogP contribution < -0.4 is 5.32 Å². The quantitative estimate of drug-likeness (QED) is 0.755. The van der Waals surface area contributed by atoms with Crippen molar-refractivity contribution in [3.63, 3.8) is 0 Å². The van der Waals surface area contributed by atoms with E-state index in [1.807, 2.05) is 18.2 Å². The Morgan fingerprint density at radius 2 is 1.96 bits per heavy atom. The molecule has 0 aliphatic heterocycles. The van der Waals surface area contributed by atoms with Gasteiger partial charge in [0.05, 0.1) is 21.1 Å². The van der Waals surface area contributed by atoms with Crippen LogP contribution in [0.1, 0.15) is 40.5 Å². The number of fused-ring (bicyclic) bond motifs is 1. The highest BCUT2D eigenvalue weighted by atomic mass is 35.5. The van der Waals surface area contributed by atoms with Gasteiger partial charge in [0.2, 0.25) is 0 Å². The van der Waals surface area contributed by atoms with E-state index < -0.39 is 18.5 Å². The number of rotatable bonds is 4. The number of ether oxygens (including phenoxy) is 1. The molecule has 0 saturated carbocycles. The zero-order valence-electron chi connectivity index (χ0n) is 13.6. The fourth-order valence-electron chi connectivity index (χ4n) is 2.92. The first-order chi connectivity index (χ1) is 12.5. The molecule has 0 unspecified atom stereocenters. The second kappa shape index (κ2) is 8.25. The Morgan fingerprint density at radius 1 is 1.19 bits per heavy atom. The summed E-state index contributed by atoms with van der Waals surface area (Å²) in [6.07, 6.45) is 4.03. The first kappa shape index (κ1) is 19.0. The van der Waals surface area contributed by atoms with E-state index in [0.29, 0.717) is 0 Å². The minimum Gasteiger partial charge on any atom is -0.451 e. The fourth-order valence-corrected chi connectivity index (χ4v) is 3.48. The van der Waals surface area contributed by atoms with Crippen LogP contribution in [0, 0.1) is 0 Å². The molecule has 1 aromatic heterocycles. The second-order valence-corrected chi connectivity index (χ2v) is 7.03. The standard InChI is InChI=1S/C18H15Cl3N2O3/c19-12-8-22-17(16(21)15(12)20)18(25)26-9-14(24)23-13-7-3-5-10-4-1-2-6-11(10)13/h1-2,4,6,8,13H,3,5,7,9H2,(H,23,24)/t13-/m0/s1. The van der Waals surface area contributed by atoms with Crippen molar-refractivity contribution in [3.8, 4) is 0 Å². The minimum atomic E-state index is -0.840. The van der Waals surface area contributed by atoms with Gasteiger partial charge in [-0.3, -0.25) is 4.79 Å². The van der Waals surface area contributed by atoms with Gasteiger partial charge in [-0.1, -0.05) is 59.1 Å². The monoisotopic (exact) mass is 412 g/mol. The average Bonchev–Trinajstić information content (AvgIpc) is 2.65. The van der Waals surface area contributed by atoms with Gasteiger partial charge in [-0.15, -0.1) is 0 Å². The van der Waals surface area contributed by atoms with Crippen molar-refractivity contribution in [2.45, 2.75) is 25.3 Å². The van der Waals surface area contributed by atoms with Crippen LogP contribution in [-0.4, -0.2) is 23.5 Å². The highest BCUT2D eigenvalue weighted by molar-refractivity contribution is 6.48. The molecule has 8 heteroatoms. The number of esters is 1. The number of aryl methyl sites for hydroxylation is 1. The summed E-state index contributed by atoms with van der Waals surface area (Å²) < 4.78 is 5.00. The summed E-state index contributed by atoms with van der Waals surface area (Å²) in [5, 5.41) is 2.93. The lowest BCUT2D eigenvalue weighted by atomic mass is 9.88. The number of amides is 1. The lowest BCUT2D eigenvalue weighted by molar-refractivity contribution is -0.125. The Labute approximate surface area is 165 Å². The molecular formula is C18H15Cl3N2O3. The van der Waals surface area contributed by atoms with Crippen molar-refractivity contribution in [2.24, 2.45) is 0 Å². The molecular weight excluding hydrogens is 399 g/mol. The van der Waals surface area contributed by atoms with Crippen LogP contribution in [0.3, 0.4) is 0 Å². The third kappa shape index (κ3) is 4.11. The molecule has 26 heavy (non-hydrogen) atoms. The molecule has 1 aliphatic rings. The first-order valence-corrected chi connectivity index (χ1v) is 9.14. The Balaban J connectivity index is 1.60. The van der Waals surface area contributed by atoms with Crippen LogP contribution in [0.4, 0.5) is 0 Å². The summed E-state index contributed by atoms with van der Waals surface area (Å²) in [6, 6.07) is 7.91. The maximum Gasteiger partial charge on any atom is 0.359 e. The van der Waals surface area contributed by atoms with Crippen LogP contribution in [0.15, 0.2) is 30.5 Å². The number of hydrogen-bond donors (Lipinski definition) is 1. The summed E-state index contributed by atoms with van der Waals surface area (Å²) in [4.78, 5) is 28.1. The first-order valence-electron chi connectivity index (χ1n) is 8.01. The summed E-state index contributed by atoms with van der Waals surface area (Å²) in [7, 11) is 0. The van der Waals surface area contributed by atoms with Crippen molar-refractivity contribution in [1.82, 2.24) is 10.3 Å². The number of pyridine rings is 1. The van der Waals surface area contributed by atoms with Gasteiger partial charge < -0.3 is 10.1 Å². The maximum atomic E-state index is 12.2. The van der Waals surface area contributed by atoms with Gasteiger partial charge in [0.1, 0.15) is 0 Å². The third-order valence-electron chi connectivity index (χ3n) is 4.15. The van der Waals surface area contributed by atoms with E-state index in [1.54, 1.807) is 0 Å². The Morgan fingerprint density at radius 3 is 2.77 bits per heavy atom. The molecule has 0 fully saturated rings. The summed E-state index contributed by atoms with van der Waals surface area (Å²) in [5.41, 5.74) is 2.15. The van der Waals surface area contributed by atoms with Crippen molar-refractivity contribution in [2.75, 3.05) is 6.61 Å². The number of nitrogens with zero attached hydrogens (tertiary/aromatic N) is 1. The molecule has 136 valence electrons. The van der Waals surface area contributed by atoms with Crippen LogP contribution in [0.2, 0.25) is 15.1 Å². The molecule has 1 aliphatic carbocycles. The molecule has 1 atom stereocenters. The number of carbonyl (C=O) groups is 2. The van der Waals surface area contributed by atoms with Gasteiger partial charge in [-0.05, 0) is 30.4 Å². The zero-order valence-corrected chi connectivity index (χ0v) is 15.9. The molecule has 1 aromatic carbocycles. The molecule has 1 amide bonds. The molecule has 3 rings (SSSR count). The fraction of sp³-hybridized carbons (Fsp3) is 0.278. The minimum absolute atomic E-state index is 0.0125. The smallest absolute Gasteiger partial charge is 0.359 e. The lowest BCUT2D eigenvalue weighted by Crippen LogP contribution is -2.34. The van der Waals surface area contributed by atoms with E-state index >= 15 is 0 Å². The zero-order chi connectivity index (χ0) is 18.7. The van der Waals surface area contributed by atoms with Crippen LogP contribution >= 0.6 is 34.8 Å². The molecule has 0 bridgehead atoms. The van der Waals surface area contributed by atoms with E-state index in [4.69, 9.17) is 39.5 Å². The van der Waals surface area contributed by atoms with Gasteiger partial charge >= 0.3 is 5.97 Å². The lowest BCUT2D eigenvalue weighted by Gasteiger charge is -2.26. The van der Waals surface area contributed by atoms with Gasteiger partial charge in [-0.25, -0.2) is 9.78 Å². The molecule has 0 radical (unpaired) electrons. The number of halogens is 3. The van der Waals surface area contributed by atoms with Gasteiger partial charge in [0.25, 0.3) is 5.91 Å². The number of hydrogen-bond acceptors (Lipinski definition) is 4. The Bertz CT molecular complexity index is 858. The molecule has 0 spiro atoms. The number of aromatic nitrogens is 1. The van der Waals surface area contributed by atoms with E-state index in [0.717, 1.165) is 24.8 Å².